The second kappa shape index (κ2) is 10.4. The smallest absolute Gasteiger partial charge is 0.342 e. The third-order valence-electron chi connectivity index (χ3n) is 5.44. The minimum atomic E-state index is -0.349. The van der Waals surface area contributed by atoms with Crippen LogP contribution >= 0.6 is 15.9 Å². The first kappa shape index (κ1) is 20.6. The van der Waals surface area contributed by atoms with Gasteiger partial charge in [-0.3, -0.25) is 0 Å². The molecule has 0 aromatic carbocycles. The number of carbonyl (C=O) groups is 1. The second-order valence-electron chi connectivity index (χ2n) is 7.42. The van der Waals surface area contributed by atoms with Gasteiger partial charge in [0.05, 0.1) is 6.61 Å². The lowest BCUT2D eigenvalue weighted by atomic mass is 9.93. The van der Waals surface area contributed by atoms with Gasteiger partial charge in [-0.15, -0.1) is 0 Å². The van der Waals surface area contributed by atoms with Crippen LogP contribution in [0, 0.1) is 0 Å². The summed E-state index contributed by atoms with van der Waals surface area (Å²) in [5.41, 5.74) is 0.513. The van der Waals surface area contributed by atoms with Gasteiger partial charge in [-0.1, -0.05) is 19.3 Å². The lowest BCUT2D eigenvalue weighted by Crippen LogP contribution is -2.47. The highest BCUT2D eigenvalue weighted by molar-refractivity contribution is 9.10. The summed E-state index contributed by atoms with van der Waals surface area (Å²) in [7, 11) is 1.59. The number of pyridine rings is 1. The van der Waals surface area contributed by atoms with Crippen molar-refractivity contribution in [2.45, 2.75) is 57.0 Å². The molecule has 2 heterocycles. The number of carbonyl (C=O) groups excluding carboxylic acids is 1. The van der Waals surface area contributed by atoms with Crippen molar-refractivity contribution in [2.24, 2.45) is 0 Å². The number of halogens is 1. The molecule has 1 N–H and O–H groups in total. The van der Waals surface area contributed by atoms with Crippen LogP contribution < -0.4 is 10.2 Å². The maximum absolute atomic E-state index is 12.5. The Morgan fingerprint density at radius 1 is 1.19 bits per heavy atom. The van der Waals surface area contributed by atoms with Gasteiger partial charge in [0.2, 0.25) is 0 Å². The van der Waals surface area contributed by atoms with Gasteiger partial charge in [0.1, 0.15) is 18.0 Å². The monoisotopic (exact) mass is 439 g/mol. The summed E-state index contributed by atoms with van der Waals surface area (Å²) in [6.45, 7) is 2.43. The van der Waals surface area contributed by atoms with Gasteiger partial charge >= 0.3 is 5.97 Å². The van der Waals surface area contributed by atoms with E-state index in [0.29, 0.717) is 24.3 Å². The highest BCUT2D eigenvalue weighted by Crippen LogP contribution is 2.26. The van der Waals surface area contributed by atoms with Crippen LogP contribution in [0.25, 0.3) is 0 Å². The van der Waals surface area contributed by atoms with Crippen molar-refractivity contribution < 1.29 is 14.3 Å². The molecule has 6 nitrogen and oxygen atoms in total. The van der Waals surface area contributed by atoms with Crippen molar-refractivity contribution in [2.75, 3.05) is 38.3 Å². The first-order valence-corrected chi connectivity index (χ1v) is 10.8. The largest absolute Gasteiger partial charge is 0.460 e. The fourth-order valence-corrected chi connectivity index (χ4v) is 4.32. The molecular formula is C20H30BrN3O3. The van der Waals surface area contributed by atoms with Crippen LogP contribution in [0.2, 0.25) is 0 Å². The maximum atomic E-state index is 12.5. The van der Waals surface area contributed by atoms with E-state index in [9.17, 15) is 4.79 Å². The number of aromatic nitrogens is 1. The van der Waals surface area contributed by atoms with E-state index in [-0.39, 0.29) is 12.6 Å². The van der Waals surface area contributed by atoms with Crippen LogP contribution in [0.4, 0.5) is 5.82 Å². The van der Waals surface area contributed by atoms with Crippen molar-refractivity contribution in [3.8, 4) is 0 Å². The molecule has 1 aliphatic carbocycles. The molecule has 2 aliphatic rings. The zero-order chi connectivity index (χ0) is 19.1. The summed E-state index contributed by atoms with van der Waals surface area (Å²) in [5.74, 6) is 0.370. The molecule has 1 aromatic heterocycles. The predicted octanol–water partition coefficient (Wildman–Crippen LogP) is 3.54. The third kappa shape index (κ3) is 5.90. The Morgan fingerprint density at radius 2 is 1.89 bits per heavy atom. The summed E-state index contributed by atoms with van der Waals surface area (Å²) in [4.78, 5) is 19.2. The van der Waals surface area contributed by atoms with E-state index in [4.69, 9.17) is 9.47 Å². The lowest BCUT2D eigenvalue weighted by Gasteiger charge is -2.36. The number of esters is 1. The molecule has 0 bridgehead atoms. The normalized spacial score (nSPS) is 19.3. The molecule has 27 heavy (non-hydrogen) atoms. The van der Waals surface area contributed by atoms with E-state index in [1.165, 1.54) is 32.1 Å². The van der Waals surface area contributed by atoms with E-state index in [2.05, 4.69) is 31.1 Å². The Balaban J connectivity index is 1.59. The predicted molar refractivity (Wildman–Crippen MR) is 109 cm³/mol. The van der Waals surface area contributed by atoms with Crippen molar-refractivity contribution in [1.82, 2.24) is 10.3 Å². The zero-order valence-electron chi connectivity index (χ0n) is 16.1. The van der Waals surface area contributed by atoms with Crippen LogP contribution in [-0.2, 0) is 9.47 Å². The minimum Gasteiger partial charge on any atom is -0.460 e. The summed E-state index contributed by atoms with van der Waals surface area (Å²) in [6.07, 6.45) is 10.6. The molecule has 7 heteroatoms. The van der Waals surface area contributed by atoms with Crippen LogP contribution in [0.1, 0.15) is 55.3 Å². The van der Waals surface area contributed by atoms with E-state index < -0.39 is 0 Å². The number of piperidine rings is 1. The van der Waals surface area contributed by atoms with Gasteiger partial charge in [-0.25, -0.2) is 9.78 Å². The van der Waals surface area contributed by atoms with Crippen molar-refractivity contribution >= 4 is 27.7 Å². The van der Waals surface area contributed by atoms with Crippen LogP contribution in [0.5, 0.6) is 0 Å². The fraction of sp³-hybridized carbons (Fsp3) is 0.700. The summed E-state index contributed by atoms with van der Waals surface area (Å²) >= 11 is 3.41. The quantitative estimate of drug-likeness (QED) is 0.517. The highest BCUT2D eigenvalue weighted by Gasteiger charge is 2.26. The molecule has 1 saturated carbocycles. The first-order valence-electron chi connectivity index (χ1n) is 10.00. The average molecular weight is 440 g/mol. The van der Waals surface area contributed by atoms with E-state index >= 15 is 0 Å². The molecule has 1 saturated heterocycles. The number of hydrogen-bond donors (Lipinski definition) is 1. The van der Waals surface area contributed by atoms with Crippen LogP contribution in [0.3, 0.4) is 0 Å². The minimum absolute atomic E-state index is 0.245. The summed E-state index contributed by atoms with van der Waals surface area (Å²) < 4.78 is 11.0. The molecule has 3 rings (SSSR count). The number of anilines is 1. The molecule has 1 aromatic rings. The summed E-state index contributed by atoms with van der Waals surface area (Å²) in [6, 6.07) is 3.05. The second-order valence-corrected chi connectivity index (χ2v) is 8.33. The fourth-order valence-electron chi connectivity index (χ4n) is 3.99. The number of methoxy groups -OCH3 is 1. The average Bonchev–Trinajstić information content (AvgIpc) is 2.69. The Morgan fingerprint density at radius 3 is 2.59 bits per heavy atom. The van der Waals surface area contributed by atoms with E-state index in [1.807, 2.05) is 0 Å². The molecule has 0 atom stereocenters. The highest BCUT2D eigenvalue weighted by atomic mass is 79.9. The number of nitrogens with zero attached hydrogens (tertiary/aromatic N) is 2. The topological polar surface area (TPSA) is 63.7 Å². The third-order valence-corrected chi connectivity index (χ3v) is 5.88. The SMILES string of the molecule is COCCOC(=O)c1cc(Br)cnc1N1CCC(NC2CCCCC2)CC1. The zero-order valence-corrected chi connectivity index (χ0v) is 17.7. The molecule has 0 unspecified atom stereocenters. The van der Waals surface area contributed by atoms with E-state index in [1.54, 1.807) is 19.4 Å². The van der Waals surface area contributed by atoms with Gasteiger partial charge < -0.3 is 19.7 Å². The van der Waals surface area contributed by atoms with Gasteiger partial charge in [0.15, 0.2) is 0 Å². The molecule has 0 amide bonds. The molecule has 0 radical (unpaired) electrons. The van der Waals surface area contributed by atoms with Crippen molar-refractivity contribution in [1.29, 1.82) is 0 Å². The summed E-state index contributed by atoms with van der Waals surface area (Å²) in [5, 5.41) is 3.85. The molecule has 1 aliphatic heterocycles. The van der Waals surface area contributed by atoms with Gasteiger partial charge in [-0.05, 0) is 47.7 Å². The molecule has 0 spiro atoms. The Bertz CT molecular complexity index is 614. The van der Waals surface area contributed by atoms with Crippen molar-refractivity contribution in [3.05, 3.63) is 22.3 Å². The van der Waals surface area contributed by atoms with E-state index in [0.717, 1.165) is 36.2 Å². The lowest BCUT2D eigenvalue weighted by molar-refractivity contribution is 0.0388. The maximum Gasteiger partial charge on any atom is 0.342 e. The number of ether oxygens (including phenoxy) is 2. The molecular weight excluding hydrogens is 410 g/mol. The number of hydrogen-bond acceptors (Lipinski definition) is 6. The van der Waals surface area contributed by atoms with Gasteiger partial charge in [0, 0.05) is 43.0 Å². The van der Waals surface area contributed by atoms with Gasteiger partial charge in [-0.2, -0.15) is 0 Å². The molecule has 150 valence electrons. The first-order chi connectivity index (χ1) is 13.2. The van der Waals surface area contributed by atoms with Crippen molar-refractivity contribution in [3.63, 3.8) is 0 Å². The van der Waals surface area contributed by atoms with Crippen LogP contribution in [-0.4, -0.2) is 56.5 Å². The van der Waals surface area contributed by atoms with Gasteiger partial charge in [0.25, 0.3) is 0 Å². The Kier molecular flexibility index (Phi) is 7.91. The Hall–Kier alpha value is -1.18. The standard InChI is InChI=1S/C20H30BrN3O3/c1-26-11-12-27-20(25)18-13-15(21)14-22-19(18)24-9-7-17(8-10-24)23-16-5-3-2-4-6-16/h13-14,16-17,23H,2-12H2,1H3. The Labute approximate surface area is 170 Å². The number of nitrogens with one attached hydrogen (secondary N) is 1. The van der Waals surface area contributed by atoms with Crippen LogP contribution in [0.15, 0.2) is 16.7 Å². The number of rotatable bonds is 7. The molecule has 2 fully saturated rings.